The summed E-state index contributed by atoms with van der Waals surface area (Å²) in [4.78, 5) is 151. The number of carbonyl (C=O) groups excluding carboxylic acids is 8. The monoisotopic (exact) mass is 922 g/mol. The molecule has 64 heavy (non-hydrogen) atoms. The first-order valence-electron chi connectivity index (χ1n) is 20.3. The molecule has 24 nitrogen and oxygen atoms in total. The van der Waals surface area contributed by atoms with Crippen molar-refractivity contribution in [2.75, 3.05) is 0 Å². The standard InChI is InChI=1S/2C18H26O10.C4H6O4/c2*19-13(20)7-5-11-17(25)27-15(23)9-3-1-2-4-10-16(24)28-18(26)12-6-8-14(21)22;5-3(6)1-2-4(7)8/h2*1-12H2,(H,19,20)(H,21,22);1-2H2,(H,5,6)(H,7,8). The quantitative estimate of drug-likeness (QED) is 0.0235. The number of hydrogen-bond acceptors (Lipinski definition) is 18. The van der Waals surface area contributed by atoms with Gasteiger partial charge in [-0.2, -0.15) is 0 Å². The number of carboxylic acids is 6. The number of ether oxygens (including phenoxy) is 4. The maximum atomic E-state index is 11.4. The average Bonchev–Trinajstić information content (AvgIpc) is 3.16. The number of rotatable bonds is 33. The Bertz CT molecular complexity index is 1350. The molecule has 0 radical (unpaired) electrons. The molecule has 6 N–H and O–H groups in total. The minimum Gasteiger partial charge on any atom is -0.481 e. The molecule has 0 bridgehead atoms. The normalized spacial score (nSPS) is 9.94. The second kappa shape index (κ2) is 40.5. The maximum absolute atomic E-state index is 11.4. The molecular weight excluding hydrogens is 864 g/mol. The Morgan fingerprint density at radius 1 is 0.188 bits per heavy atom. The lowest BCUT2D eigenvalue weighted by molar-refractivity contribution is -0.161. The first kappa shape index (κ1) is 61.7. The van der Waals surface area contributed by atoms with Crippen LogP contribution in [-0.4, -0.2) is 114 Å². The summed E-state index contributed by atoms with van der Waals surface area (Å²) in [7, 11) is 0. The van der Waals surface area contributed by atoms with Crippen molar-refractivity contribution >= 4 is 83.6 Å². The van der Waals surface area contributed by atoms with E-state index in [0.29, 0.717) is 51.4 Å². The molecule has 0 unspecified atom stereocenters. The van der Waals surface area contributed by atoms with Crippen LogP contribution in [0, 0.1) is 0 Å². The molecule has 0 fully saturated rings. The topological polar surface area (TPSA) is 397 Å². The number of esters is 8. The third-order valence-corrected chi connectivity index (χ3v) is 7.57. The molecule has 0 rings (SSSR count). The Labute approximate surface area is 366 Å². The molecule has 0 aromatic heterocycles. The van der Waals surface area contributed by atoms with E-state index < -0.39 is 83.6 Å². The van der Waals surface area contributed by atoms with Gasteiger partial charge in [-0.05, 0) is 51.4 Å². The van der Waals surface area contributed by atoms with Gasteiger partial charge < -0.3 is 49.6 Å². The summed E-state index contributed by atoms with van der Waals surface area (Å²) in [5.41, 5.74) is 0. The van der Waals surface area contributed by atoms with Gasteiger partial charge in [-0.1, -0.05) is 25.7 Å². The molecule has 0 aliphatic carbocycles. The number of carboxylic acid groups (broad SMARTS) is 6. The van der Waals surface area contributed by atoms with Crippen molar-refractivity contribution in [3.8, 4) is 0 Å². The summed E-state index contributed by atoms with van der Waals surface area (Å²) >= 11 is 0. The van der Waals surface area contributed by atoms with Crippen LogP contribution in [0.15, 0.2) is 0 Å². The molecule has 0 aliphatic heterocycles. The Kier molecular flexibility index (Phi) is 39.0. The van der Waals surface area contributed by atoms with E-state index in [0.717, 1.165) is 0 Å². The fourth-order valence-electron chi connectivity index (χ4n) is 4.45. The zero-order valence-electron chi connectivity index (χ0n) is 35.4. The first-order chi connectivity index (χ1) is 30.0. The van der Waals surface area contributed by atoms with Crippen molar-refractivity contribution in [3.63, 3.8) is 0 Å². The van der Waals surface area contributed by atoms with Crippen LogP contribution in [0.4, 0.5) is 0 Å². The van der Waals surface area contributed by atoms with Crippen LogP contribution in [0.2, 0.25) is 0 Å². The minimum atomic E-state index is -1.08. The summed E-state index contributed by atoms with van der Waals surface area (Å²) in [6.07, 6.45) is 3.12. The molecule has 0 amide bonds. The predicted molar refractivity (Wildman–Crippen MR) is 210 cm³/mol. The van der Waals surface area contributed by atoms with Crippen LogP contribution >= 0.6 is 0 Å². The molecule has 0 aliphatic rings. The Morgan fingerprint density at radius 2 is 0.328 bits per heavy atom. The largest absolute Gasteiger partial charge is 0.481 e. The van der Waals surface area contributed by atoms with Gasteiger partial charge in [0.25, 0.3) is 0 Å². The van der Waals surface area contributed by atoms with E-state index >= 15 is 0 Å². The summed E-state index contributed by atoms with van der Waals surface area (Å²) in [5, 5.41) is 49.6. The first-order valence-corrected chi connectivity index (χ1v) is 20.3. The van der Waals surface area contributed by atoms with Gasteiger partial charge in [-0.3, -0.25) is 67.1 Å². The van der Waals surface area contributed by atoms with Gasteiger partial charge in [0, 0.05) is 77.0 Å². The average molecular weight is 923 g/mol. The Balaban J connectivity index is -0.000000991. The van der Waals surface area contributed by atoms with Gasteiger partial charge in [0.2, 0.25) is 0 Å². The zero-order valence-corrected chi connectivity index (χ0v) is 35.4. The maximum Gasteiger partial charge on any atom is 0.313 e. The van der Waals surface area contributed by atoms with Crippen molar-refractivity contribution in [2.45, 2.75) is 167 Å². The molecule has 0 aromatic rings. The smallest absolute Gasteiger partial charge is 0.313 e. The van der Waals surface area contributed by atoms with Crippen molar-refractivity contribution in [3.05, 3.63) is 0 Å². The van der Waals surface area contributed by atoms with Crippen molar-refractivity contribution in [1.29, 1.82) is 0 Å². The molecule has 0 spiro atoms. The molecule has 0 aromatic carbocycles. The molecule has 362 valence electrons. The second-order valence-corrected chi connectivity index (χ2v) is 13.5. The fraction of sp³-hybridized carbons (Fsp3) is 0.650. The van der Waals surface area contributed by atoms with Gasteiger partial charge in [-0.25, -0.2) is 0 Å². The summed E-state index contributed by atoms with van der Waals surface area (Å²) in [5.74, 6) is -11.9. The number of hydrogen-bond donors (Lipinski definition) is 6. The van der Waals surface area contributed by atoms with Gasteiger partial charge >= 0.3 is 83.6 Å². The SMILES string of the molecule is O=C(O)CCC(=O)O.O=C(O)CCCC(=O)OC(=O)CCCCCCC(=O)OC(=O)CCCC(=O)O.O=C(O)CCCC(=O)OC(=O)CCCCCCC(=O)OC(=O)CCCC(=O)O. The zero-order chi connectivity index (χ0) is 49.3. The van der Waals surface area contributed by atoms with Gasteiger partial charge in [0.15, 0.2) is 0 Å². The number of carbonyl (C=O) groups is 14. The Morgan fingerprint density at radius 3 is 0.469 bits per heavy atom. The van der Waals surface area contributed by atoms with Crippen molar-refractivity contribution in [2.24, 2.45) is 0 Å². The molecule has 0 heterocycles. The van der Waals surface area contributed by atoms with E-state index in [-0.39, 0.29) is 116 Å². The fourth-order valence-corrected chi connectivity index (χ4v) is 4.45. The summed E-state index contributed by atoms with van der Waals surface area (Å²) < 4.78 is 18.2. The predicted octanol–water partition coefficient (Wildman–Crippen LogP) is 3.89. The lowest BCUT2D eigenvalue weighted by atomic mass is 10.1. The number of unbranched alkanes of at least 4 members (excludes halogenated alkanes) is 6. The highest BCUT2D eigenvalue weighted by atomic mass is 16.6. The van der Waals surface area contributed by atoms with Crippen molar-refractivity contribution < 1.29 is 117 Å². The van der Waals surface area contributed by atoms with E-state index in [1.807, 2.05) is 0 Å². The van der Waals surface area contributed by atoms with E-state index in [4.69, 9.17) is 30.6 Å². The summed E-state index contributed by atoms with van der Waals surface area (Å²) in [6, 6.07) is 0. The van der Waals surface area contributed by atoms with Crippen LogP contribution in [-0.2, 0) is 86.1 Å². The second-order valence-electron chi connectivity index (χ2n) is 13.5. The van der Waals surface area contributed by atoms with Crippen molar-refractivity contribution in [1.82, 2.24) is 0 Å². The minimum absolute atomic E-state index is 0.0389. The molecular formula is C40H58O24. The van der Waals surface area contributed by atoms with Crippen LogP contribution < -0.4 is 0 Å². The van der Waals surface area contributed by atoms with Crippen LogP contribution in [0.1, 0.15) is 167 Å². The summed E-state index contributed by atoms with van der Waals surface area (Å²) in [6.45, 7) is 0. The highest BCUT2D eigenvalue weighted by molar-refractivity contribution is 5.87. The van der Waals surface area contributed by atoms with Gasteiger partial charge in [-0.15, -0.1) is 0 Å². The van der Waals surface area contributed by atoms with E-state index in [9.17, 15) is 67.1 Å². The van der Waals surface area contributed by atoms with Gasteiger partial charge in [0.1, 0.15) is 0 Å². The highest BCUT2D eigenvalue weighted by Gasteiger charge is 2.15. The highest BCUT2D eigenvalue weighted by Crippen LogP contribution is 2.10. The molecule has 0 saturated carbocycles. The lowest BCUT2D eigenvalue weighted by Gasteiger charge is -2.04. The third kappa shape index (κ3) is 51.5. The molecule has 24 heteroatoms. The Hall–Kier alpha value is -6.62. The molecule has 0 saturated heterocycles. The van der Waals surface area contributed by atoms with E-state index in [1.54, 1.807) is 0 Å². The van der Waals surface area contributed by atoms with Gasteiger partial charge in [0.05, 0.1) is 12.8 Å². The van der Waals surface area contributed by atoms with E-state index in [1.165, 1.54) is 0 Å². The lowest BCUT2D eigenvalue weighted by Crippen LogP contribution is -2.13. The van der Waals surface area contributed by atoms with E-state index in [2.05, 4.69) is 18.9 Å². The molecule has 0 atom stereocenters. The van der Waals surface area contributed by atoms with Crippen LogP contribution in [0.3, 0.4) is 0 Å². The van der Waals surface area contributed by atoms with Crippen LogP contribution in [0.25, 0.3) is 0 Å². The van der Waals surface area contributed by atoms with Crippen LogP contribution in [0.5, 0.6) is 0 Å². The third-order valence-electron chi connectivity index (χ3n) is 7.57. The number of aliphatic carboxylic acids is 6.